The molecule has 0 fully saturated rings. The lowest BCUT2D eigenvalue weighted by molar-refractivity contribution is 0.194. The van der Waals surface area contributed by atoms with E-state index < -0.39 is 0 Å². The number of hydrogen-bond donors (Lipinski definition) is 2. The van der Waals surface area contributed by atoms with E-state index in [0.717, 1.165) is 11.3 Å². The summed E-state index contributed by atoms with van der Waals surface area (Å²) < 4.78 is 5.36. The molecule has 0 saturated heterocycles. The molecule has 0 aliphatic rings. The molecule has 7 nitrogen and oxygen atoms in total. The third-order valence-electron chi connectivity index (χ3n) is 3.76. The molecule has 2 amide bonds. The van der Waals surface area contributed by atoms with Crippen LogP contribution in [0.25, 0.3) is 0 Å². The van der Waals surface area contributed by atoms with Crippen molar-refractivity contribution in [3.05, 3.63) is 48.4 Å². The third-order valence-corrected chi connectivity index (χ3v) is 3.76. The molecule has 24 heavy (non-hydrogen) atoms. The van der Waals surface area contributed by atoms with E-state index in [9.17, 15) is 4.79 Å². The minimum Gasteiger partial charge on any atom is -0.496 e. The fourth-order valence-corrected chi connectivity index (χ4v) is 2.27. The monoisotopic (exact) mass is 329 g/mol. The molecule has 0 bridgehead atoms. The van der Waals surface area contributed by atoms with Gasteiger partial charge in [-0.1, -0.05) is 18.2 Å². The Morgan fingerprint density at radius 1 is 1.29 bits per heavy atom. The second kappa shape index (κ2) is 8.71. The molecule has 2 rings (SSSR count). The number of hydrogen-bond acceptors (Lipinski definition) is 5. The summed E-state index contributed by atoms with van der Waals surface area (Å²) in [7, 11) is 3.40. The molecule has 1 unspecified atom stereocenters. The molecule has 0 saturated carbocycles. The molecule has 0 aliphatic heterocycles. The van der Waals surface area contributed by atoms with Crippen molar-refractivity contribution in [3.63, 3.8) is 0 Å². The van der Waals surface area contributed by atoms with E-state index in [1.165, 1.54) is 0 Å². The van der Waals surface area contributed by atoms with Crippen molar-refractivity contribution in [2.24, 2.45) is 0 Å². The highest BCUT2D eigenvalue weighted by Gasteiger charge is 2.19. The van der Waals surface area contributed by atoms with E-state index in [-0.39, 0.29) is 12.1 Å². The lowest BCUT2D eigenvalue weighted by atomic mass is 10.1. The number of nitrogens with one attached hydrogen (secondary N) is 2. The van der Waals surface area contributed by atoms with Gasteiger partial charge in [0, 0.05) is 38.1 Å². The van der Waals surface area contributed by atoms with Crippen LogP contribution in [-0.2, 0) is 0 Å². The molecule has 128 valence electrons. The number of rotatable bonds is 7. The minimum absolute atomic E-state index is 0.103. The van der Waals surface area contributed by atoms with Gasteiger partial charge in [0.1, 0.15) is 11.6 Å². The van der Waals surface area contributed by atoms with Gasteiger partial charge in [0.2, 0.25) is 0 Å². The zero-order chi connectivity index (χ0) is 17.4. The van der Waals surface area contributed by atoms with Crippen LogP contribution in [0.1, 0.15) is 18.5 Å². The number of methoxy groups -OCH3 is 1. The molecule has 1 aromatic carbocycles. The first kappa shape index (κ1) is 17.5. The zero-order valence-electron chi connectivity index (χ0n) is 14.2. The zero-order valence-corrected chi connectivity index (χ0v) is 14.2. The van der Waals surface area contributed by atoms with Gasteiger partial charge in [0.25, 0.3) is 0 Å². The maximum Gasteiger partial charge on any atom is 0.317 e. The van der Waals surface area contributed by atoms with Crippen LogP contribution in [0.15, 0.2) is 42.9 Å². The Balaban J connectivity index is 1.83. The lowest BCUT2D eigenvalue weighted by Crippen LogP contribution is -2.40. The first-order chi connectivity index (χ1) is 11.6. The predicted octanol–water partition coefficient (Wildman–Crippen LogP) is 2.30. The van der Waals surface area contributed by atoms with Gasteiger partial charge in [0.15, 0.2) is 0 Å². The number of aromatic nitrogens is 2. The molecular formula is C17H23N5O2. The second-order valence-electron chi connectivity index (χ2n) is 5.28. The second-order valence-corrected chi connectivity index (χ2v) is 5.28. The summed E-state index contributed by atoms with van der Waals surface area (Å²) >= 11 is 0. The summed E-state index contributed by atoms with van der Waals surface area (Å²) in [6.07, 6.45) is 4.86. The molecule has 0 radical (unpaired) electrons. The average Bonchev–Trinajstić information content (AvgIpc) is 2.64. The standard InChI is InChI=1S/C17H23N5O2/c1-13(14-6-4-5-7-15(14)24-3)22(2)17(23)21-11-10-20-16-12-18-8-9-19-16/h4-9,12-13H,10-11H2,1-3H3,(H,19,20)(H,21,23). The Morgan fingerprint density at radius 3 is 2.79 bits per heavy atom. The minimum atomic E-state index is -0.144. The van der Waals surface area contributed by atoms with Crippen molar-refractivity contribution >= 4 is 11.8 Å². The number of urea groups is 1. The van der Waals surface area contributed by atoms with Crippen LogP contribution in [-0.4, -0.2) is 48.1 Å². The first-order valence-corrected chi connectivity index (χ1v) is 7.77. The fraction of sp³-hybridized carbons (Fsp3) is 0.353. The predicted molar refractivity (Wildman–Crippen MR) is 93.1 cm³/mol. The van der Waals surface area contributed by atoms with Crippen LogP contribution in [0, 0.1) is 0 Å². The van der Waals surface area contributed by atoms with E-state index in [0.29, 0.717) is 18.9 Å². The fourth-order valence-electron chi connectivity index (χ4n) is 2.27. The largest absolute Gasteiger partial charge is 0.496 e. The Bertz CT molecular complexity index is 650. The molecule has 2 N–H and O–H groups in total. The molecule has 0 spiro atoms. The SMILES string of the molecule is COc1ccccc1C(C)N(C)C(=O)NCCNc1cnccn1. The molecule has 1 atom stereocenters. The van der Waals surface area contributed by atoms with Crippen LogP contribution in [0.4, 0.5) is 10.6 Å². The summed E-state index contributed by atoms with van der Waals surface area (Å²) in [5.41, 5.74) is 0.968. The summed E-state index contributed by atoms with van der Waals surface area (Å²) in [5, 5.41) is 5.97. The van der Waals surface area contributed by atoms with Crippen LogP contribution < -0.4 is 15.4 Å². The van der Waals surface area contributed by atoms with Crippen molar-refractivity contribution in [2.75, 3.05) is 32.6 Å². The summed E-state index contributed by atoms with van der Waals surface area (Å²) in [6, 6.07) is 7.45. The van der Waals surface area contributed by atoms with E-state index >= 15 is 0 Å². The Morgan fingerprint density at radius 2 is 2.08 bits per heavy atom. The average molecular weight is 329 g/mol. The number of benzene rings is 1. The number of para-hydroxylation sites is 1. The highest BCUT2D eigenvalue weighted by Crippen LogP contribution is 2.27. The molecule has 1 aromatic heterocycles. The van der Waals surface area contributed by atoms with Crippen molar-refractivity contribution < 1.29 is 9.53 Å². The molecule has 0 aliphatic carbocycles. The maximum atomic E-state index is 12.3. The van der Waals surface area contributed by atoms with Gasteiger partial charge in [-0.3, -0.25) is 4.98 Å². The van der Waals surface area contributed by atoms with E-state index in [4.69, 9.17) is 4.74 Å². The quantitative estimate of drug-likeness (QED) is 0.762. The smallest absolute Gasteiger partial charge is 0.317 e. The van der Waals surface area contributed by atoms with E-state index in [2.05, 4.69) is 20.6 Å². The highest BCUT2D eigenvalue weighted by molar-refractivity contribution is 5.74. The van der Waals surface area contributed by atoms with Crippen LogP contribution in [0.3, 0.4) is 0 Å². The van der Waals surface area contributed by atoms with Gasteiger partial charge in [-0.15, -0.1) is 0 Å². The lowest BCUT2D eigenvalue weighted by Gasteiger charge is -2.26. The Kier molecular flexibility index (Phi) is 6.36. The molecule has 7 heteroatoms. The van der Waals surface area contributed by atoms with Crippen LogP contribution in [0.5, 0.6) is 5.75 Å². The normalized spacial score (nSPS) is 11.5. The summed E-state index contributed by atoms with van der Waals surface area (Å²) in [4.78, 5) is 22.0. The van der Waals surface area contributed by atoms with Gasteiger partial charge in [-0.25, -0.2) is 9.78 Å². The van der Waals surface area contributed by atoms with Crippen molar-refractivity contribution in [1.29, 1.82) is 0 Å². The van der Waals surface area contributed by atoms with Gasteiger partial charge in [-0.05, 0) is 13.0 Å². The molecule has 2 aromatic rings. The van der Waals surface area contributed by atoms with Gasteiger partial charge >= 0.3 is 6.03 Å². The number of ether oxygens (including phenoxy) is 1. The number of carbonyl (C=O) groups is 1. The van der Waals surface area contributed by atoms with Gasteiger partial charge < -0.3 is 20.3 Å². The van der Waals surface area contributed by atoms with Gasteiger partial charge in [-0.2, -0.15) is 0 Å². The number of amides is 2. The molecule has 1 heterocycles. The highest BCUT2D eigenvalue weighted by atomic mass is 16.5. The summed E-state index contributed by atoms with van der Waals surface area (Å²) in [5.74, 6) is 1.46. The van der Waals surface area contributed by atoms with Gasteiger partial charge in [0.05, 0.1) is 19.3 Å². The molecular weight excluding hydrogens is 306 g/mol. The Labute approximate surface area is 142 Å². The maximum absolute atomic E-state index is 12.3. The van der Waals surface area contributed by atoms with Crippen LogP contribution >= 0.6 is 0 Å². The third kappa shape index (κ3) is 4.58. The van der Waals surface area contributed by atoms with Crippen molar-refractivity contribution in [3.8, 4) is 5.75 Å². The Hall–Kier alpha value is -2.83. The topological polar surface area (TPSA) is 79.4 Å². The summed E-state index contributed by atoms with van der Waals surface area (Å²) in [6.45, 7) is 3.02. The van der Waals surface area contributed by atoms with Crippen molar-refractivity contribution in [2.45, 2.75) is 13.0 Å². The van der Waals surface area contributed by atoms with E-state index in [1.54, 1.807) is 37.6 Å². The first-order valence-electron chi connectivity index (χ1n) is 7.77. The van der Waals surface area contributed by atoms with Crippen LogP contribution in [0.2, 0.25) is 0 Å². The van der Waals surface area contributed by atoms with E-state index in [1.807, 2.05) is 31.2 Å². The van der Waals surface area contributed by atoms with Crippen molar-refractivity contribution in [1.82, 2.24) is 20.2 Å². The number of anilines is 1. The number of nitrogens with zero attached hydrogens (tertiary/aromatic N) is 3. The number of carbonyl (C=O) groups excluding carboxylic acids is 1.